The van der Waals surface area contributed by atoms with Crippen molar-refractivity contribution >= 4 is 6.29 Å². The molecule has 18 heavy (non-hydrogen) atoms. The topological polar surface area (TPSA) is 46.5 Å². The number of aliphatic hydroxyl groups is 1. The zero-order valence-electron chi connectivity index (χ0n) is 11.6. The predicted molar refractivity (Wildman–Crippen MR) is 70.2 cm³/mol. The SMILES string of the molecule is CC(C)(C)c1cc(C=O)cc2c1OC(O)C2(C)C. The molecule has 1 N–H and O–H groups in total. The molecule has 2 rings (SSSR count). The van der Waals surface area contributed by atoms with Crippen LogP contribution in [0.3, 0.4) is 0 Å². The molecule has 1 heterocycles. The van der Waals surface area contributed by atoms with Crippen LogP contribution in [0, 0.1) is 0 Å². The molecule has 3 heteroatoms. The van der Waals surface area contributed by atoms with Gasteiger partial charge in [-0.1, -0.05) is 20.8 Å². The minimum Gasteiger partial charge on any atom is -0.464 e. The monoisotopic (exact) mass is 248 g/mol. The summed E-state index contributed by atoms with van der Waals surface area (Å²) in [7, 11) is 0. The molecule has 0 aliphatic carbocycles. The Hall–Kier alpha value is -1.35. The van der Waals surface area contributed by atoms with E-state index < -0.39 is 11.7 Å². The third-order valence-electron chi connectivity index (χ3n) is 3.60. The fraction of sp³-hybridized carbons (Fsp3) is 0.533. The average Bonchev–Trinajstić information content (AvgIpc) is 2.48. The first-order valence-electron chi connectivity index (χ1n) is 6.17. The van der Waals surface area contributed by atoms with E-state index in [4.69, 9.17) is 4.74 Å². The van der Waals surface area contributed by atoms with Gasteiger partial charge in [-0.25, -0.2) is 0 Å². The smallest absolute Gasteiger partial charge is 0.206 e. The molecule has 1 aliphatic rings. The van der Waals surface area contributed by atoms with Crippen LogP contribution in [0.2, 0.25) is 0 Å². The number of rotatable bonds is 1. The average molecular weight is 248 g/mol. The summed E-state index contributed by atoms with van der Waals surface area (Å²) in [5.74, 6) is 0.727. The summed E-state index contributed by atoms with van der Waals surface area (Å²) < 4.78 is 5.62. The van der Waals surface area contributed by atoms with Gasteiger partial charge in [0.05, 0.1) is 5.41 Å². The van der Waals surface area contributed by atoms with E-state index in [1.807, 2.05) is 26.0 Å². The van der Waals surface area contributed by atoms with Gasteiger partial charge in [0, 0.05) is 16.7 Å². The molecule has 0 aromatic heterocycles. The molecule has 3 nitrogen and oxygen atoms in total. The number of fused-ring (bicyclic) bond motifs is 1. The van der Waals surface area contributed by atoms with Crippen LogP contribution in [0.15, 0.2) is 12.1 Å². The van der Waals surface area contributed by atoms with Gasteiger partial charge in [0.15, 0.2) is 0 Å². The summed E-state index contributed by atoms with van der Waals surface area (Å²) in [6.45, 7) is 10.0. The Bertz CT molecular complexity index is 495. The highest BCUT2D eigenvalue weighted by atomic mass is 16.6. The van der Waals surface area contributed by atoms with Crippen molar-refractivity contribution in [3.63, 3.8) is 0 Å². The molecule has 0 saturated heterocycles. The van der Waals surface area contributed by atoms with Crippen LogP contribution in [0.25, 0.3) is 0 Å². The van der Waals surface area contributed by atoms with Crippen molar-refractivity contribution in [2.75, 3.05) is 0 Å². The van der Waals surface area contributed by atoms with Gasteiger partial charge in [-0.05, 0) is 31.4 Å². The van der Waals surface area contributed by atoms with E-state index in [2.05, 4.69) is 20.8 Å². The van der Waals surface area contributed by atoms with Gasteiger partial charge in [0.25, 0.3) is 0 Å². The molecule has 1 unspecified atom stereocenters. The van der Waals surface area contributed by atoms with Gasteiger partial charge in [-0.2, -0.15) is 0 Å². The minimum atomic E-state index is -0.865. The molecule has 0 amide bonds. The van der Waals surface area contributed by atoms with Crippen molar-refractivity contribution < 1.29 is 14.6 Å². The maximum absolute atomic E-state index is 11.1. The van der Waals surface area contributed by atoms with Crippen molar-refractivity contribution in [1.82, 2.24) is 0 Å². The lowest BCUT2D eigenvalue weighted by molar-refractivity contribution is -0.0456. The molecule has 1 aliphatic heterocycles. The zero-order valence-corrected chi connectivity index (χ0v) is 11.6. The molecule has 1 aromatic carbocycles. The second kappa shape index (κ2) is 3.82. The molecule has 0 radical (unpaired) electrons. The number of ether oxygens (including phenoxy) is 1. The number of aldehydes is 1. The number of hydrogen-bond acceptors (Lipinski definition) is 3. The van der Waals surface area contributed by atoms with E-state index in [1.165, 1.54) is 0 Å². The normalized spacial score (nSPS) is 21.3. The first-order chi connectivity index (χ1) is 8.17. The van der Waals surface area contributed by atoms with E-state index in [1.54, 1.807) is 0 Å². The van der Waals surface area contributed by atoms with Gasteiger partial charge < -0.3 is 9.84 Å². The Morgan fingerprint density at radius 1 is 1.33 bits per heavy atom. The van der Waals surface area contributed by atoms with E-state index in [-0.39, 0.29) is 5.41 Å². The highest BCUT2D eigenvalue weighted by Gasteiger charge is 2.43. The highest BCUT2D eigenvalue weighted by Crippen LogP contribution is 2.47. The summed E-state index contributed by atoms with van der Waals surface area (Å²) in [5, 5.41) is 10.0. The van der Waals surface area contributed by atoms with Crippen LogP contribution >= 0.6 is 0 Å². The molecule has 0 bridgehead atoms. The molecule has 0 fully saturated rings. The molecule has 98 valence electrons. The fourth-order valence-corrected chi connectivity index (χ4v) is 2.27. The molecular formula is C15H20O3. The number of carbonyl (C=O) groups excluding carboxylic acids is 1. The van der Waals surface area contributed by atoms with Crippen LogP contribution in [0.4, 0.5) is 0 Å². The summed E-state index contributed by atoms with van der Waals surface area (Å²) in [6.07, 6.45) is -0.0217. The third kappa shape index (κ3) is 1.83. The molecule has 1 aromatic rings. The molecule has 1 atom stereocenters. The third-order valence-corrected chi connectivity index (χ3v) is 3.60. The van der Waals surface area contributed by atoms with Crippen LogP contribution < -0.4 is 4.74 Å². The van der Waals surface area contributed by atoms with Gasteiger partial charge in [0.1, 0.15) is 12.0 Å². The molecule has 0 saturated carbocycles. The van der Waals surface area contributed by atoms with Crippen LogP contribution in [0.5, 0.6) is 5.75 Å². The fourth-order valence-electron chi connectivity index (χ4n) is 2.27. The van der Waals surface area contributed by atoms with E-state index in [9.17, 15) is 9.90 Å². The van der Waals surface area contributed by atoms with Crippen LogP contribution in [-0.4, -0.2) is 17.7 Å². The number of hydrogen-bond donors (Lipinski definition) is 1. The standard InChI is InChI=1S/C15H20O3/c1-14(2,3)10-6-9(8-16)7-11-12(10)18-13(17)15(11,4)5/h6-8,13,17H,1-5H3. The first-order valence-corrected chi connectivity index (χ1v) is 6.17. The predicted octanol–water partition coefficient (Wildman–Crippen LogP) is 2.79. The highest BCUT2D eigenvalue weighted by molar-refractivity contribution is 5.77. The first kappa shape index (κ1) is 13.1. The molecular weight excluding hydrogens is 228 g/mol. The minimum absolute atomic E-state index is 0.136. The second-order valence-corrected chi connectivity index (χ2v) is 6.50. The van der Waals surface area contributed by atoms with Crippen LogP contribution in [-0.2, 0) is 10.8 Å². The van der Waals surface area contributed by atoms with Crippen molar-refractivity contribution in [3.05, 3.63) is 28.8 Å². The quantitative estimate of drug-likeness (QED) is 0.777. The summed E-state index contributed by atoms with van der Waals surface area (Å²) in [5.41, 5.74) is 1.87. The summed E-state index contributed by atoms with van der Waals surface area (Å²) in [6, 6.07) is 3.66. The Balaban J connectivity index is 2.73. The van der Waals surface area contributed by atoms with Crippen molar-refractivity contribution in [1.29, 1.82) is 0 Å². The van der Waals surface area contributed by atoms with Crippen molar-refractivity contribution in [2.24, 2.45) is 0 Å². The van der Waals surface area contributed by atoms with Crippen molar-refractivity contribution in [2.45, 2.75) is 51.7 Å². The zero-order chi connectivity index (χ0) is 13.7. The van der Waals surface area contributed by atoms with E-state index >= 15 is 0 Å². The molecule has 0 spiro atoms. The van der Waals surface area contributed by atoms with E-state index in [0.717, 1.165) is 23.2 Å². The lowest BCUT2D eigenvalue weighted by atomic mass is 9.79. The van der Waals surface area contributed by atoms with E-state index in [0.29, 0.717) is 5.56 Å². The van der Waals surface area contributed by atoms with Crippen molar-refractivity contribution in [3.8, 4) is 5.75 Å². The Morgan fingerprint density at radius 3 is 2.44 bits per heavy atom. The maximum Gasteiger partial charge on any atom is 0.206 e. The summed E-state index contributed by atoms with van der Waals surface area (Å²) in [4.78, 5) is 11.1. The second-order valence-electron chi connectivity index (χ2n) is 6.50. The number of benzene rings is 1. The van der Waals surface area contributed by atoms with Gasteiger partial charge in [-0.15, -0.1) is 0 Å². The lowest BCUT2D eigenvalue weighted by Crippen LogP contribution is -2.31. The Kier molecular flexibility index (Phi) is 2.78. The number of carbonyl (C=O) groups is 1. The van der Waals surface area contributed by atoms with Crippen LogP contribution in [0.1, 0.15) is 56.1 Å². The summed E-state index contributed by atoms with van der Waals surface area (Å²) >= 11 is 0. The Morgan fingerprint density at radius 2 is 1.94 bits per heavy atom. The van der Waals surface area contributed by atoms with Gasteiger partial charge in [0.2, 0.25) is 6.29 Å². The number of aliphatic hydroxyl groups excluding tert-OH is 1. The lowest BCUT2D eigenvalue weighted by Gasteiger charge is -2.23. The Labute approximate surface area is 108 Å². The van der Waals surface area contributed by atoms with Gasteiger partial charge in [-0.3, -0.25) is 4.79 Å². The van der Waals surface area contributed by atoms with Gasteiger partial charge >= 0.3 is 0 Å². The maximum atomic E-state index is 11.1. The largest absolute Gasteiger partial charge is 0.464 e.